The highest BCUT2D eigenvalue weighted by molar-refractivity contribution is 5.73. The lowest BCUT2D eigenvalue weighted by Crippen LogP contribution is -2.15. The van der Waals surface area contributed by atoms with Crippen LogP contribution >= 0.6 is 0 Å². The molecule has 0 unspecified atom stereocenters. The summed E-state index contributed by atoms with van der Waals surface area (Å²) in [5, 5.41) is 0. The molecule has 3 aromatic carbocycles. The Kier molecular flexibility index (Phi) is 6.71. The Morgan fingerprint density at radius 2 is 1.44 bits per heavy atom. The maximum absolute atomic E-state index is 12.6. The molecule has 0 amide bonds. The standard InChI is InChI=1S/C28H27NO3/c1-3-31-26-16-10-9-15-25(26)24-14-8-7-13-23(24)18-29-17-21(2)28(30)27(19-29)32-20-22-11-5-4-6-12-22/h4-17,19H,3,18,20H2,1-2H3. The zero-order valence-electron chi connectivity index (χ0n) is 18.5. The molecule has 1 aromatic heterocycles. The van der Waals surface area contributed by atoms with Gasteiger partial charge >= 0.3 is 0 Å². The van der Waals surface area contributed by atoms with Gasteiger partial charge in [-0.25, -0.2) is 0 Å². The van der Waals surface area contributed by atoms with Crippen LogP contribution < -0.4 is 14.9 Å². The number of ether oxygens (including phenoxy) is 2. The Bertz CT molecular complexity index is 1250. The van der Waals surface area contributed by atoms with E-state index < -0.39 is 0 Å². The van der Waals surface area contributed by atoms with E-state index in [0.29, 0.717) is 31.1 Å². The number of benzene rings is 3. The normalized spacial score (nSPS) is 10.7. The fraction of sp³-hybridized carbons (Fsp3) is 0.179. The summed E-state index contributed by atoms with van der Waals surface area (Å²) in [5.41, 5.74) is 4.91. The molecule has 1 heterocycles. The minimum atomic E-state index is -0.0767. The summed E-state index contributed by atoms with van der Waals surface area (Å²) in [6.45, 7) is 5.39. The van der Waals surface area contributed by atoms with E-state index in [-0.39, 0.29) is 5.43 Å². The molecule has 0 saturated heterocycles. The molecule has 4 aromatic rings. The zero-order valence-corrected chi connectivity index (χ0v) is 18.5. The van der Waals surface area contributed by atoms with Crippen LogP contribution in [0.25, 0.3) is 11.1 Å². The van der Waals surface area contributed by atoms with Gasteiger partial charge in [-0.2, -0.15) is 0 Å². The lowest BCUT2D eigenvalue weighted by molar-refractivity contribution is 0.300. The number of hydrogen-bond donors (Lipinski definition) is 0. The molecule has 162 valence electrons. The number of para-hydroxylation sites is 1. The first-order chi connectivity index (χ1) is 15.7. The number of nitrogens with zero attached hydrogens (tertiary/aromatic N) is 1. The Labute approximate surface area is 188 Å². The van der Waals surface area contributed by atoms with E-state index in [2.05, 4.69) is 18.2 Å². The van der Waals surface area contributed by atoms with Crippen LogP contribution in [0.4, 0.5) is 0 Å². The highest BCUT2D eigenvalue weighted by Gasteiger charge is 2.12. The summed E-state index contributed by atoms with van der Waals surface area (Å²) in [5.74, 6) is 1.23. The van der Waals surface area contributed by atoms with E-state index in [4.69, 9.17) is 9.47 Å². The second-order valence-electron chi connectivity index (χ2n) is 7.67. The van der Waals surface area contributed by atoms with Crippen molar-refractivity contribution in [2.45, 2.75) is 27.0 Å². The Balaban J connectivity index is 1.64. The quantitative estimate of drug-likeness (QED) is 0.356. The number of rotatable bonds is 8. The predicted molar refractivity (Wildman–Crippen MR) is 128 cm³/mol. The van der Waals surface area contributed by atoms with Gasteiger partial charge < -0.3 is 14.0 Å². The van der Waals surface area contributed by atoms with Crippen molar-refractivity contribution < 1.29 is 9.47 Å². The molecule has 0 aliphatic rings. The van der Waals surface area contributed by atoms with E-state index in [9.17, 15) is 4.79 Å². The third-order valence-electron chi connectivity index (χ3n) is 5.31. The van der Waals surface area contributed by atoms with E-state index in [1.54, 1.807) is 6.20 Å². The van der Waals surface area contributed by atoms with Crippen molar-refractivity contribution in [3.05, 3.63) is 118 Å². The third-order valence-corrected chi connectivity index (χ3v) is 5.31. The molecule has 0 atom stereocenters. The topological polar surface area (TPSA) is 40.5 Å². The fourth-order valence-corrected chi connectivity index (χ4v) is 3.77. The van der Waals surface area contributed by atoms with Crippen LogP contribution in [0.3, 0.4) is 0 Å². The first-order valence-corrected chi connectivity index (χ1v) is 10.8. The summed E-state index contributed by atoms with van der Waals surface area (Å²) in [6.07, 6.45) is 3.67. The summed E-state index contributed by atoms with van der Waals surface area (Å²) in [7, 11) is 0. The van der Waals surface area contributed by atoms with Gasteiger partial charge in [-0.1, -0.05) is 72.8 Å². The highest BCUT2D eigenvalue weighted by atomic mass is 16.5. The lowest BCUT2D eigenvalue weighted by Gasteiger charge is -2.16. The van der Waals surface area contributed by atoms with E-state index in [1.165, 1.54) is 0 Å². The van der Waals surface area contributed by atoms with Gasteiger partial charge in [-0.15, -0.1) is 0 Å². The van der Waals surface area contributed by atoms with Crippen LogP contribution in [-0.4, -0.2) is 11.2 Å². The first kappa shape index (κ1) is 21.4. The number of aromatic nitrogens is 1. The van der Waals surface area contributed by atoms with Crippen LogP contribution in [0.1, 0.15) is 23.6 Å². The van der Waals surface area contributed by atoms with Crippen molar-refractivity contribution in [1.29, 1.82) is 0 Å². The molecule has 0 saturated carbocycles. The molecule has 0 bridgehead atoms. The maximum atomic E-state index is 12.6. The van der Waals surface area contributed by atoms with Crippen LogP contribution in [-0.2, 0) is 13.2 Å². The highest BCUT2D eigenvalue weighted by Crippen LogP contribution is 2.32. The molecule has 0 fully saturated rings. The molecule has 0 spiro atoms. The maximum Gasteiger partial charge on any atom is 0.226 e. The molecule has 4 heteroatoms. The number of pyridine rings is 1. The van der Waals surface area contributed by atoms with Crippen LogP contribution in [0.15, 0.2) is 96.1 Å². The molecule has 4 rings (SSSR count). The minimum Gasteiger partial charge on any atom is -0.493 e. The van der Waals surface area contributed by atoms with Gasteiger partial charge in [0.2, 0.25) is 5.43 Å². The van der Waals surface area contributed by atoms with Gasteiger partial charge in [0.05, 0.1) is 12.8 Å². The van der Waals surface area contributed by atoms with E-state index in [1.807, 2.05) is 85.3 Å². The Morgan fingerprint density at radius 1 is 0.750 bits per heavy atom. The second-order valence-corrected chi connectivity index (χ2v) is 7.67. The fourth-order valence-electron chi connectivity index (χ4n) is 3.77. The monoisotopic (exact) mass is 425 g/mol. The smallest absolute Gasteiger partial charge is 0.226 e. The van der Waals surface area contributed by atoms with Gasteiger partial charge in [-0.05, 0) is 36.6 Å². The van der Waals surface area contributed by atoms with Gasteiger partial charge in [0.1, 0.15) is 12.4 Å². The van der Waals surface area contributed by atoms with Crippen molar-refractivity contribution in [2.24, 2.45) is 0 Å². The van der Waals surface area contributed by atoms with Crippen molar-refractivity contribution in [3.8, 4) is 22.6 Å². The third kappa shape index (κ3) is 4.92. The zero-order chi connectivity index (χ0) is 22.3. The average molecular weight is 426 g/mol. The Hall–Kier alpha value is -3.79. The van der Waals surface area contributed by atoms with Crippen molar-refractivity contribution in [3.63, 3.8) is 0 Å². The van der Waals surface area contributed by atoms with Crippen molar-refractivity contribution in [2.75, 3.05) is 6.61 Å². The summed E-state index contributed by atoms with van der Waals surface area (Å²) < 4.78 is 13.8. The largest absolute Gasteiger partial charge is 0.493 e. The number of aryl methyl sites for hydroxylation is 1. The van der Waals surface area contributed by atoms with Crippen molar-refractivity contribution >= 4 is 0 Å². The molecule has 0 aliphatic carbocycles. The van der Waals surface area contributed by atoms with Gasteiger partial charge in [0.15, 0.2) is 5.75 Å². The molecule has 0 aliphatic heterocycles. The van der Waals surface area contributed by atoms with Crippen molar-refractivity contribution in [1.82, 2.24) is 4.57 Å². The SMILES string of the molecule is CCOc1ccccc1-c1ccccc1Cn1cc(C)c(=O)c(OCc2ccccc2)c1. The Morgan fingerprint density at radius 3 is 2.22 bits per heavy atom. The summed E-state index contributed by atoms with van der Waals surface area (Å²) >= 11 is 0. The molecular weight excluding hydrogens is 398 g/mol. The molecule has 0 N–H and O–H groups in total. The lowest BCUT2D eigenvalue weighted by atomic mass is 9.98. The van der Waals surface area contributed by atoms with E-state index >= 15 is 0 Å². The van der Waals surface area contributed by atoms with Crippen LogP contribution in [0.2, 0.25) is 0 Å². The first-order valence-electron chi connectivity index (χ1n) is 10.8. The van der Waals surface area contributed by atoms with Gasteiger partial charge in [-0.3, -0.25) is 4.79 Å². The average Bonchev–Trinajstić information content (AvgIpc) is 2.82. The number of hydrogen-bond acceptors (Lipinski definition) is 3. The second kappa shape index (κ2) is 10.0. The molecule has 32 heavy (non-hydrogen) atoms. The van der Waals surface area contributed by atoms with Gasteiger partial charge in [0, 0.05) is 23.9 Å². The summed E-state index contributed by atoms with van der Waals surface area (Å²) in [6, 6.07) is 26.2. The van der Waals surface area contributed by atoms with Gasteiger partial charge in [0.25, 0.3) is 0 Å². The molecule has 4 nitrogen and oxygen atoms in total. The predicted octanol–water partition coefficient (Wildman–Crippen LogP) is 5.85. The van der Waals surface area contributed by atoms with E-state index in [0.717, 1.165) is 28.0 Å². The molecule has 0 radical (unpaired) electrons. The van der Waals surface area contributed by atoms with Crippen LogP contribution in [0, 0.1) is 6.92 Å². The minimum absolute atomic E-state index is 0.0767. The molecular formula is C28H27NO3. The van der Waals surface area contributed by atoms with Crippen LogP contribution in [0.5, 0.6) is 11.5 Å². The summed E-state index contributed by atoms with van der Waals surface area (Å²) in [4.78, 5) is 12.6.